The minimum Gasteiger partial charge on any atom is -0.444 e. The van der Waals surface area contributed by atoms with E-state index in [-0.39, 0.29) is 11.1 Å². The third-order valence-electron chi connectivity index (χ3n) is 12.5. The summed E-state index contributed by atoms with van der Waals surface area (Å²) in [6.07, 6.45) is -35.9. The largest absolute Gasteiger partial charge is 0.460 e. The minimum atomic E-state index is -9.18. The topological polar surface area (TPSA) is 95.1 Å². The van der Waals surface area contributed by atoms with Gasteiger partial charge in [0.2, 0.25) is 17.1 Å². The lowest BCUT2D eigenvalue weighted by Gasteiger charge is -2.41. The first-order valence-electron chi connectivity index (χ1n) is 23.8. The fraction of sp³-hybridized carbons (Fsp3) is 0.388. The van der Waals surface area contributed by atoms with Gasteiger partial charge in [0.1, 0.15) is 13.2 Å². The molecule has 4 aromatic carbocycles. The van der Waals surface area contributed by atoms with Gasteiger partial charge in [0, 0.05) is 0 Å². The Balaban J connectivity index is 2.07. The molecule has 0 unspecified atom stereocenters. The summed E-state index contributed by atoms with van der Waals surface area (Å²) in [5.41, 5.74) is -17.1. The number of nitrogens with one attached hydrogen (secondary N) is 2. The van der Waals surface area contributed by atoms with Crippen molar-refractivity contribution in [3.8, 4) is 11.5 Å². The molecule has 4 rings (SSSR count). The lowest BCUT2D eigenvalue weighted by molar-refractivity contribution is -0.451. The molecule has 0 radical (unpaired) electrons. The number of hydrogen-bond donors (Lipinski definition) is 2. The third kappa shape index (κ3) is 13.6. The molecule has 2 N–H and O–H groups in total. The van der Waals surface area contributed by atoms with Gasteiger partial charge in [-0.1, -0.05) is 72.8 Å². The lowest BCUT2D eigenvalue weighted by Crippen LogP contribution is -2.72. The molecule has 0 spiro atoms. The van der Waals surface area contributed by atoms with Gasteiger partial charge in [0.25, 0.3) is 0 Å². The maximum Gasteiger partial charge on any atom is 0.460 e. The van der Waals surface area contributed by atoms with E-state index in [1.807, 2.05) is 0 Å². The van der Waals surface area contributed by atoms with Crippen LogP contribution in [0.3, 0.4) is 0 Å². The van der Waals surface area contributed by atoms with Crippen molar-refractivity contribution >= 4 is 23.6 Å². The van der Waals surface area contributed by atoms with E-state index in [1.165, 1.54) is 12.1 Å². The average Bonchev–Trinajstić information content (AvgIpc) is 0.711. The number of rotatable bonds is 24. The van der Waals surface area contributed by atoms with E-state index in [1.54, 1.807) is 0 Å². The molecule has 8 nitrogen and oxygen atoms in total. The first kappa shape index (κ1) is 81.1. The van der Waals surface area contributed by atoms with Crippen molar-refractivity contribution in [1.82, 2.24) is 0 Å². The molecule has 2 amide bonds. The number of benzene rings is 4. The van der Waals surface area contributed by atoms with Gasteiger partial charge in [0.05, 0.1) is 11.4 Å². The highest BCUT2D eigenvalue weighted by atomic mass is 19.5. The number of halogens is 40. The van der Waals surface area contributed by atoms with E-state index >= 15 is 35.1 Å². The van der Waals surface area contributed by atoms with Crippen molar-refractivity contribution in [2.24, 2.45) is 0 Å². The summed E-state index contributed by atoms with van der Waals surface area (Å²) in [4.78, 5) is 25.8. The second kappa shape index (κ2) is 25.8. The number of carbonyl (C=O) groups is 2. The first-order chi connectivity index (χ1) is 43.3. The van der Waals surface area contributed by atoms with Gasteiger partial charge in [-0.05, 0) is 46.5 Å². The van der Waals surface area contributed by atoms with Gasteiger partial charge >= 0.3 is 120 Å². The standard InChI is InChI=1S/C49H22F40N2O6/c50-27(34(54,55)36(58,59)38(62,63)40(66,67)42(70,71)44(74,75)48(84,85)86)29(52)96-25-13-11-21(15-23(25)90-31(92)94-17-19-7-3-1-4-8-19)33(46(78,79)80,47(81,82)83)22-12-14-26(24(16-22)91-32(93)95-18-20-9-5-2-6-10-20)97-30(53)28(51)35(56,57)37(60,61)39(64,65)41(68,69)43(72,73)45(76,77)49(87,88)89/h1-16H,17-18H2,(H,90,92)(H,91,93). The Morgan fingerprint density at radius 1 is 0.309 bits per heavy atom. The van der Waals surface area contributed by atoms with E-state index < -0.39 is 221 Å². The summed E-state index contributed by atoms with van der Waals surface area (Å²) >= 11 is 0. The zero-order chi connectivity index (χ0) is 75.6. The van der Waals surface area contributed by atoms with Crippen molar-refractivity contribution in [1.29, 1.82) is 0 Å². The van der Waals surface area contributed by atoms with Crippen LogP contribution in [0.25, 0.3) is 0 Å². The number of carbonyl (C=O) groups excluding carboxylic acids is 2. The summed E-state index contributed by atoms with van der Waals surface area (Å²) in [5, 5.41) is 1.97. The quantitative estimate of drug-likeness (QED) is 0.0536. The minimum absolute atomic E-state index is 0.199. The number of hydrogen-bond acceptors (Lipinski definition) is 6. The van der Waals surface area contributed by atoms with Crippen molar-refractivity contribution in [3.05, 3.63) is 143 Å². The van der Waals surface area contributed by atoms with Gasteiger partial charge < -0.3 is 18.9 Å². The fourth-order valence-corrected chi connectivity index (χ4v) is 7.36. The Kier molecular flexibility index (Phi) is 21.6. The van der Waals surface area contributed by atoms with Crippen LogP contribution in [0.2, 0.25) is 0 Å². The Labute approximate surface area is 507 Å². The molecule has 0 fully saturated rings. The van der Waals surface area contributed by atoms with Crippen molar-refractivity contribution in [3.63, 3.8) is 0 Å². The molecule has 97 heavy (non-hydrogen) atoms. The maximum absolute atomic E-state index is 15.7. The summed E-state index contributed by atoms with van der Waals surface area (Å²) in [5.74, 6) is -122. The first-order valence-corrected chi connectivity index (χ1v) is 23.8. The predicted octanol–water partition coefficient (Wildman–Crippen LogP) is 20.3. The number of allylic oxidation sites excluding steroid dienone is 2. The van der Waals surface area contributed by atoms with Gasteiger partial charge in [-0.2, -0.15) is 176 Å². The average molecular weight is 1490 g/mol. The second-order valence-corrected chi connectivity index (χ2v) is 18.8. The Morgan fingerprint density at radius 3 is 0.804 bits per heavy atom. The smallest absolute Gasteiger partial charge is 0.444 e. The van der Waals surface area contributed by atoms with Crippen LogP contribution in [0.5, 0.6) is 11.5 Å². The van der Waals surface area contributed by atoms with Crippen LogP contribution < -0.4 is 20.1 Å². The normalized spacial score (nSPS) is 15.1. The second-order valence-electron chi connectivity index (χ2n) is 18.8. The Bertz CT molecular complexity index is 3330. The molecule has 4 aromatic rings. The molecule has 0 aromatic heterocycles. The van der Waals surface area contributed by atoms with Crippen LogP contribution >= 0.6 is 0 Å². The van der Waals surface area contributed by atoms with E-state index in [0.29, 0.717) is 0 Å². The van der Waals surface area contributed by atoms with Gasteiger partial charge in [-0.3, -0.25) is 10.6 Å². The molecule has 0 saturated carbocycles. The van der Waals surface area contributed by atoms with Crippen LogP contribution in [0, 0.1) is 0 Å². The van der Waals surface area contributed by atoms with Crippen LogP contribution in [0.15, 0.2) is 121 Å². The molecule has 544 valence electrons. The fourth-order valence-electron chi connectivity index (χ4n) is 7.36. The number of amides is 2. The van der Waals surface area contributed by atoms with Gasteiger partial charge in [-0.15, -0.1) is 0 Å². The number of anilines is 2. The molecule has 0 aliphatic heterocycles. The molecule has 0 atom stereocenters. The summed E-state index contributed by atoms with van der Waals surface area (Å²) in [6.45, 7) is -2.33. The highest BCUT2D eigenvalue weighted by molar-refractivity contribution is 5.88. The number of ether oxygens (including phenoxy) is 4. The predicted molar refractivity (Wildman–Crippen MR) is 237 cm³/mol. The molecular formula is C49H22F40N2O6. The SMILES string of the molecule is O=C(Nc1cc(C(c2ccc(OC(F)=C(F)C(F)(F)C(F)(F)C(F)(F)C(F)(F)C(F)(F)C(F)(F)C(F)(F)F)c(NC(=O)OCc3ccccc3)c2)(C(F)(F)F)C(F)(F)F)ccc1OC(F)=C(F)C(F)(F)C(F)(F)C(F)(F)C(F)(F)C(F)(F)C(F)(F)C(F)(F)F)OCc1ccccc1. The highest BCUT2D eigenvalue weighted by Gasteiger charge is 2.95. The highest BCUT2D eigenvalue weighted by Crippen LogP contribution is 2.66. The summed E-state index contributed by atoms with van der Waals surface area (Å²) in [7, 11) is 0. The van der Waals surface area contributed by atoms with Crippen molar-refractivity contribution in [2.75, 3.05) is 10.6 Å². The monoisotopic (exact) mass is 1490 g/mol. The zero-order valence-electron chi connectivity index (χ0n) is 44.7. The molecule has 0 heterocycles. The van der Waals surface area contributed by atoms with Crippen molar-refractivity contribution < 1.29 is 204 Å². The molecule has 0 bridgehead atoms. The van der Waals surface area contributed by atoms with Crippen LogP contribution in [0.1, 0.15) is 22.3 Å². The molecule has 0 aliphatic rings. The van der Waals surface area contributed by atoms with Crippen LogP contribution in [-0.2, 0) is 28.1 Å². The lowest BCUT2D eigenvalue weighted by atomic mass is 9.72. The van der Waals surface area contributed by atoms with E-state index in [4.69, 9.17) is 0 Å². The van der Waals surface area contributed by atoms with Gasteiger partial charge in [0.15, 0.2) is 11.5 Å². The third-order valence-corrected chi connectivity index (χ3v) is 12.5. The van der Waals surface area contributed by atoms with E-state index in [9.17, 15) is 150 Å². The maximum atomic E-state index is 15.7. The zero-order valence-corrected chi connectivity index (χ0v) is 44.7. The Morgan fingerprint density at radius 2 is 0.557 bits per heavy atom. The Hall–Kier alpha value is -8.30. The van der Waals surface area contributed by atoms with Gasteiger partial charge in [-0.25, -0.2) is 9.59 Å². The number of alkyl halides is 36. The van der Waals surface area contributed by atoms with Crippen LogP contribution in [-0.4, -0.2) is 108 Å². The van der Waals surface area contributed by atoms with Crippen LogP contribution in [0.4, 0.5) is 197 Å². The van der Waals surface area contributed by atoms with E-state index in [2.05, 4.69) is 18.9 Å². The van der Waals surface area contributed by atoms with Crippen molar-refractivity contribution in [2.45, 2.75) is 114 Å². The summed E-state index contributed by atoms with van der Waals surface area (Å²) in [6, 6.07) is -3.46. The molecule has 48 heteroatoms. The summed E-state index contributed by atoms with van der Waals surface area (Å²) < 4.78 is 586. The molecular weight excluding hydrogens is 1470 g/mol. The van der Waals surface area contributed by atoms with E-state index in [0.717, 1.165) is 59.2 Å². The molecule has 0 aliphatic carbocycles. The molecule has 0 saturated heterocycles.